The van der Waals surface area contributed by atoms with E-state index >= 15 is 0 Å². The van der Waals surface area contributed by atoms with Crippen molar-refractivity contribution in [2.75, 3.05) is 33.2 Å². The molecule has 19 heavy (non-hydrogen) atoms. The van der Waals surface area contributed by atoms with Crippen molar-refractivity contribution in [3.8, 4) is 0 Å². The van der Waals surface area contributed by atoms with Crippen LogP contribution in [0.1, 0.15) is 5.56 Å². The van der Waals surface area contributed by atoms with Crippen LogP contribution in [0.3, 0.4) is 0 Å². The maximum atomic E-state index is 12.2. The van der Waals surface area contributed by atoms with Gasteiger partial charge in [-0.25, -0.2) is 0 Å². The summed E-state index contributed by atoms with van der Waals surface area (Å²) < 4.78 is 0. The highest BCUT2D eigenvalue weighted by Crippen LogP contribution is 2.06. The molecule has 5 heteroatoms. The minimum atomic E-state index is -0.421. The first kappa shape index (κ1) is 16.0. The van der Waals surface area contributed by atoms with E-state index in [1.54, 1.807) is 0 Å². The molecular formula is C14H22ClN3O. The summed E-state index contributed by atoms with van der Waals surface area (Å²) in [6.45, 7) is 3.45. The first-order valence-electron chi connectivity index (χ1n) is 6.43. The number of piperazine rings is 1. The normalized spacial score (nSPS) is 17.7. The van der Waals surface area contributed by atoms with Gasteiger partial charge in [-0.05, 0) is 19.0 Å². The molecule has 1 amide bonds. The summed E-state index contributed by atoms with van der Waals surface area (Å²) in [7, 11) is 2.08. The summed E-state index contributed by atoms with van der Waals surface area (Å²) in [5.74, 6) is 0.0759. The number of likely N-dealkylation sites (N-methyl/N-ethyl adjacent to an activating group) is 1. The van der Waals surface area contributed by atoms with E-state index in [2.05, 4.69) is 11.9 Å². The Balaban J connectivity index is 0.00000180. The van der Waals surface area contributed by atoms with Gasteiger partial charge in [0.25, 0.3) is 0 Å². The average molecular weight is 284 g/mol. The van der Waals surface area contributed by atoms with Crippen LogP contribution in [0.5, 0.6) is 0 Å². The molecule has 0 aliphatic carbocycles. The maximum absolute atomic E-state index is 12.2. The Morgan fingerprint density at radius 2 is 1.79 bits per heavy atom. The molecule has 0 saturated carbocycles. The summed E-state index contributed by atoms with van der Waals surface area (Å²) in [4.78, 5) is 16.3. The number of halogens is 1. The second kappa shape index (κ2) is 7.48. The van der Waals surface area contributed by atoms with E-state index in [1.165, 1.54) is 0 Å². The van der Waals surface area contributed by atoms with Crippen molar-refractivity contribution in [3.63, 3.8) is 0 Å². The lowest BCUT2D eigenvalue weighted by molar-refractivity contribution is -0.134. The highest BCUT2D eigenvalue weighted by Gasteiger charge is 2.23. The van der Waals surface area contributed by atoms with Crippen LogP contribution in [0, 0.1) is 0 Å². The number of carbonyl (C=O) groups excluding carboxylic acids is 1. The molecule has 1 saturated heterocycles. The van der Waals surface area contributed by atoms with Crippen molar-refractivity contribution in [1.82, 2.24) is 9.80 Å². The summed E-state index contributed by atoms with van der Waals surface area (Å²) >= 11 is 0. The molecular weight excluding hydrogens is 262 g/mol. The highest BCUT2D eigenvalue weighted by molar-refractivity contribution is 5.85. The van der Waals surface area contributed by atoms with Crippen molar-refractivity contribution in [1.29, 1.82) is 0 Å². The number of amides is 1. The molecule has 2 rings (SSSR count). The fourth-order valence-electron chi connectivity index (χ4n) is 2.22. The molecule has 2 N–H and O–H groups in total. The predicted octanol–water partition coefficient (Wildman–Crippen LogP) is 0.752. The minimum absolute atomic E-state index is 0. The zero-order valence-corrected chi connectivity index (χ0v) is 12.1. The third-order valence-electron chi connectivity index (χ3n) is 3.43. The maximum Gasteiger partial charge on any atom is 0.239 e. The lowest BCUT2D eigenvalue weighted by Crippen LogP contribution is -2.52. The second-order valence-electron chi connectivity index (χ2n) is 4.92. The van der Waals surface area contributed by atoms with E-state index in [4.69, 9.17) is 5.73 Å². The first-order chi connectivity index (χ1) is 8.66. The second-order valence-corrected chi connectivity index (χ2v) is 4.92. The monoisotopic (exact) mass is 283 g/mol. The third-order valence-corrected chi connectivity index (χ3v) is 3.43. The van der Waals surface area contributed by atoms with Crippen molar-refractivity contribution in [2.24, 2.45) is 5.73 Å². The van der Waals surface area contributed by atoms with E-state index in [-0.39, 0.29) is 18.3 Å². The van der Waals surface area contributed by atoms with Crippen molar-refractivity contribution >= 4 is 18.3 Å². The van der Waals surface area contributed by atoms with Gasteiger partial charge in [0.05, 0.1) is 6.04 Å². The van der Waals surface area contributed by atoms with E-state index in [1.807, 2.05) is 35.2 Å². The molecule has 4 nitrogen and oxygen atoms in total. The Labute approximate surface area is 121 Å². The van der Waals surface area contributed by atoms with Crippen molar-refractivity contribution in [2.45, 2.75) is 12.5 Å². The molecule has 106 valence electrons. The number of nitrogens with two attached hydrogens (primary N) is 1. The van der Waals surface area contributed by atoms with E-state index < -0.39 is 6.04 Å². The summed E-state index contributed by atoms with van der Waals surface area (Å²) in [6.07, 6.45) is 0.617. The Kier molecular flexibility index (Phi) is 6.28. The average Bonchev–Trinajstić information content (AvgIpc) is 2.40. The van der Waals surface area contributed by atoms with Gasteiger partial charge in [-0.15, -0.1) is 12.4 Å². The van der Waals surface area contributed by atoms with Crippen molar-refractivity contribution in [3.05, 3.63) is 35.9 Å². The van der Waals surface area contributed by atoms with Crippen LogP contribution in [0.15, 0.2) is 30.3 Å². The van der Waals surface area contributed by atoms with Gasteiger partial charge < -0.3 is 15.5 Å². The van der Waals surface area contributed by atoms with E-state index in [0.717, 1.165) is 31.7 Å². The quantitative estimate of drug-likeness (QED) is 0.891. The third kappa shape index (κ3) is 4.49. The Morgan fingerprint density at radius 1 is 1.21 bits per heavy atom. The molecule has 0 bridgehead atoms. The fraction of sp³-hybridized carbons (Fsp3) is 0.500. The number of benzene rings is 1. The smallest absolute Gasteiger partial charge is 0.239 e. The minimum Gasteiger partial charge on any atom is -0.339 e. The van der Waals surface area contributed by atoms with E-state index in [0.29, 0.717) is 6.42 Å². The fourth-order valence-corrected chi connectivity index (χ4v) is 2.22. The molecule has 1 aliphatic rings. The van der Waals surface area contributed by atoms with Crippen LogP contribution in [0.4, 0.5) is 0 Å². The number of nitrogens with zero attached hydrogens (tertiary/aromatic N) is 2. The summed E-state index contributed by atoms with van der Waals surface area (Å²) in [6, 6.07) is 9.52. The lowest BCUT2D eigenvalue weighted by atomic mass is 10.1. The summed E-state index contributed by atoms with van der Waals surface area (Å²) in [5.41, 5.74) is 7.13. The molecule has 0 aromatic heterocycles. The Morgan fingerprint density at radius 3 is 2.37 bits per heavy atom. The molecule has 0 spiro atoms. The van der Waals surface area contributed by atoms with Crippen LogP contribution in [0.25, 0.3) is 0 Å². The van der Waals surface area contributed by atoms with Gasteiger partial charge in [-0.2, -0.15) is 0 Å². The molecule has 0 radical (unpaired) electrons. The van der Waals surface area contributed by atoms with Crippen LogP contribution in [-0.4, -0.2) is 55.0 Å². The Hall–Kier alpha value is -1.10. The SMILES string of the molecule is CN1CCN(C(=O)[C@@H](N)Cc2ccccc2)CC1.Cl. The van der Waals surface area contributed by atoms with Crippen LogP contribution >= 0.6 is 12.4 Å². The van der Waals surface area contributed by atoms with Gasteiger partial charge in [0.15, 0.2) is 0 Å². The zero-order valence-electron chi connectivity index (χ0n) is 11.3. The van der Waals surface area contributed by atoms with E-state index in [9.17, 15) is 4.79 Å². The standard InChI is InChI=1S/C14H21N3O.ClH/c1-16-7-9-17(10-8-16)14(18)13(15)11-12-5-3-2-4-6-12;/h2-6,13H,7-11,15H2,1H3;1H/t13-;/m0./s1. The number of hydrogen-bond donors (Lipinski definition) is 1. The van der Waals surface area contributed by atoms with Gasteiger partial charge in [-0.3, -0.25) is 4.79 Å². The van der Waals surface area contributed by atoms with Gasteiger partial charge >= 0.3 is 0 Å². The highest BCUT2D eigenvalue weighted by atomic mass is 35.5. The number of carbonyl (C=O) groups is 1. The van der Waals surface area contributed by atoms with Crippen LogP contribution < -0.4 is 5.73 Å². The molecule has 1 atom stereocenters. The van der Waals surface area contributed by atoms with Crippen LogP contribution in [-0.2, 0) is 11.2 Å². The molecule has 1 aromatic carbocycles. The first-order valence-corrected chi connectivity index (χ1v) is 6.43. The summed E-state index contributed by atoms with van der Waals surface area (Å²) in [5, 5.41) is 0. The van der Waals surface area contributed by atoms with Crippen molar-refractivity contribution < 1.29 is 4.79 Å². The molecule has 1 aliphatic heterocycles. The molecule has 1 heterocycles. The van der Waals surface area contributed by atoms with Gasteiger partial charge in [0.1, 0.15) is 0 Å². The lowest BCUT2D eigenvalue weighted by Gasteiger charge is -2.33. The number of rotatable bonds is 3. The van der Waals surface area contributed by atoms with Crippen LogP contribution in [0.2, 0.25) is 0 Å². The zero-order chi connectivity index (χ0) is 13.0. The topological polar surface area (TPSA) is 49.6 Å². The van der Waals surface area contributed by atoms with Gasteiger partial charge in [0, 0.05) is 26.2 Å². The predicted molar refractivity (Wildman–Crippen MR) is 79.4 cm³/mol. The van der Waals surface area contributed by atoms with Gasteiger partial charge in [-0.1, -0.05) is 30.3 Å². The molecule has 1 aromatic rings. The largest absolute Gasteiger partial charge is 0.339 e. The number of hydrogen-bond acceptors (Lipinski definition) is 3. The van der Waals surface area contributed by atoms with Gasteiger partial charge in [0.2, 0.25) is 5.91 Å². The Bertz CT molecular complexity index is 391. The molecule has 1 fully saturated rings. The molecule has 0 unspecified atom stereocenters.